The first-order chi connectivity index (χ1) is 19.2. The van der Waals surface area contributed by atoms with Gasteiger partial charge in [-0.2, -0.15) is 5.26 Å². The normalized spacial score (nSPS) is 11.3. The fourth-order valence-electron chi connectivity index (χ4n) is 5.12. The molecule has 2 heterocycles. The molecule has 0 unspecified atom stereocenters. The van der Waals surface area contributed by atoms with Crippen LogP contribution in [0.4, 0.5) is 0 Å². The van der Waals surface area contributed by atoms with E-state index in [2.05, 4.69) is 91.9 Å². The Labute approximate surface area is 229 Å². The highest BCUT2D eigenvalue weighted by Gasteiger charge is 2.17. The van der Waals surface area contributed by atoms with E-state index >= 15 is 0 Å². The van der Waals surface area contributed by atoms with Gasteiger partial charge in [-0.15, -0.1) is 11.3 Å². The molecule has 7 aromatic rings. The Morgan fingerprint density at radius 3 is 2.26 bits per heavy atom. The minimum Gasteiger partial charge on any atom is -0.208 e. The summed E-state index contributed by atoms with van der Waals surface area (Å²) in [6.07, 6.45) is 0.970. The number of aromatic nitrogens is 3. The van der Waals surface area contributed by atoms with Crippen LogP contribution in [0.1, 0.15) is 18.1 Å². The van der Waals surface area contributed by atoms with Gasteiger partial charge in [0.2, 0.25) is 0 Å². The fourth-order valence-corrected chi connectivity index (χ4v) is 6.34. The van der Waals surface area contributed by atoms with Gasteiger partial charge in [-0.3, -0.25) is 0 Å². The van der Waals surface area contributed by atoms with E-state index in [1.54, 1.807) is 17.4 Å². The molecule has 0 saturated heterocycles. The van der Waals surface area contributed by atoms with Crippen LogP contribution < -0.4 is 0 Å². The number of nitriles is 1. The van der Waals surface area contributed by atoms with Crippen LogP contribution in [-0.2, 0) is 6.42 Å². The van der Waals surface area contributed by atoms with Gasteiger partial charge in [0.25, 0.3) is 0 Å². The number of thiophene rings is 1. The summed E-state index contributed by atoms with van der Waals surface area (Å²) < 4.78 is 2.39. The van der Waals surface area contributed by atoms with Crippen molar-refractivity contribution in [2.24, 2.45) is 0 Å². The van der Waals surface area contributed by atoms with Gasteiger partial charge in [0.05, 0.1) is 11.6 Å². The average molecular weight is 519 g/mol. The number of rotatable bonds is 4. The van der Waals surface area contributed by atoms with Gasteiger partial charge in [-0.05, 0) is 47.0 Å². The minimum atomic E-state index is 0.551. The highest BCUT2D eigenvalue weighted by Crippen LogP contribution is 2.42. The molecule has 0 bridgehead atoms. The van der Waals surface area contributed by atoms with Crippen molar-refractivity contribution in [3.8, 4) is 40.2 Å². The standard InChI is InChI=1S/C34H22N4S/c1-2-21-13-15-24(16-14-21)32-36-33(25-9-5-7-22(19-25)20-35)38-34(37-32)28-12-6-11-27-30-26-10-4-3-8-23(26)17-18-29(30)39-31(27)28/h3-19H,2H2,1H3. The van der Waals surface area contributed by atoms with E-state index in [1.807, 2.05) is 18.2 Å². The van der Waals surface area contributed by atoms with Crippen molar-refractivity contribution < 1.29 is 0 Å². The van der Waals surface area contributed by atoms with E-state index in [-0.39, 0.29) is 0 Å². The van der Waals surface area contributed by atoms with Crippen LogP contribution in [0.5, 0.6) is 0 Å². The van der Waals surface area contributed by atoms with Crippen molar-refractivity contribution in [3.05, 3.63) is 114 Å². The van der Waals surface area contributed by atoms with E-state index < -0.39 is 0 Å². The van der Waals surface area contributed by atoms with Gasteiger partial charge in [0.15, 0.2) is 17.5 Å². The fraction of sp³-hybridized carbons (Fsp3) is 0.0588. The lowest BCUT2D eigenvalue weighted by atomic mass is 10.0. The van der Waals surface area contributed by atoms with Crippen LogP contribution >= 0.6 is 11.3 Å². The lowest BCUT2D eigenvalue weighted by Gasteiger charge is -2.09. The van der Waals surface area contributed by atoms with E-state index in [0.717, 1.165) is 27.8 Å². The zero-order valence-electron chi connectivity index (χ0n) is 21.2. The average Bonchev–Trinajstić information content (AvgIpc) is 3.40. The Kier molecular flexibility index (Phi) is 5.61. The number of aryl methyl sites for hydroxylation is 1. The highest BCUT2D eigenvalue weighted by atomic mass is 32.1. The predicted molar refractivity (Wildman–Crippen MR) is 161 cm³/mol. The maximum Gasteiger partial charge on any atom is 0.165 e. The highest BCUT2D eigenvalue weighted by molar-refractivity contribution is 7.26. The number of hydrogen-bond acceptors (Lipinski definition) is 5. The van der Waals surface area contributed by atoms with Crippen molar-refractivity contribution in [1.82, 2.24) is 15.0 Å². The minimum absolute atomic E-state index is 0.551. The SMILES string of the molecule is CCc1ccc(-c2nc(-c3cccc(C#N)c3)nc(-c3cccc4c3sc3ccc5ccccc5c34)n2)cc1. The summed E-state index contributed by atoms with van der Waals surface area (Å²) in [5.41, 5.74) is 4.53. The molecule has 0 saturated carbocycles. The Morgan fingerprint density at radius 2 is 1.44 bits per heavy atom. The first-order valence-corrected chi connectivity index (χ1v) is 13.7. The first kappa shape index (κ1) is 23.2. The van der Waals surface area contributed by atoms with Gasteiger partial charge in [0.1, 0.15) is 0 Å². The molecule has 0 spiro atoms. The molecule has 0 aliphatic heterocycles. The summed E-state index contributed by atoms with van der Waals surface area (Å²) in [6.45, 7) is 2.14. The molecule has 184 valence electrons. The van der Waals surface area contributed by atoms with Crippen molar-refractivity contribution >= 4 is 42.3 Å². The lowest BCUT2D eigenvalue weighted by molar-refractivity contribution is 1.07. The summed E-state index contributed by atoms with van der Waals surface area (Å²) in [5.74, 6) is 1.79. The molecule has 0 amide bonds. The van der Waals surface area contributed by atoms with Crippen LogP contribution in [-0.4, -0.2) is 15.0 Å². The quantitative estimate of drug-likeness (QED) is 0.233. The maximum absolute atomic E-state index is 9.48. The molecular weight excluding hydrogens is 496 g/mol. The monoisotopic (exact) mass is 518 g/mol. The van der Waals surface area contributed by atoms with Crippen molar-refractivity contribution in [2.45, 2.75) is 13.3 Å². The molecule has 7 rings (SSSR count). The second-order valence-electron chi connectivity index (χ2n) is 9.49. The van der Waals surface area contributed by atoms with E-state index in [0.29, 0.717) is 23.0 Å². The summed E-state index contributed by atoms with van der Waals surface area (Å²) in [5, 5.41) is 14.4. The number of nitrogens with zero attached hydrogens (tertiary/aromatic N) is 4. The van der Waals surface area contributed by atoms with Crippen LogP contribution in [0.2, 0.25) is 0 Å². The molecule has 0 radical (unpaired) electrons. The third-order valence-electron chi connectivity index (χ3n) is 7.13. The Morgan fingerprint density at radius 1 is 0.692 bits per heavy atom. The smallest absolute Gasteiger partial charge is 0.165 e. The molecule has 0 N–H and O–H groups in total. The topological polar surface area (TPSA) is 62.5 Å². The Balaban J connectivity index is 1.49. The maximum atomic E-state index is 9.48. The predicted octanol–water partition coefficient (Wildman–Crippen LogP) is 8.83. The number of benzene rings is 5. The van der Waals surface area contributed by atoms with Gasteiger partial charge in [-0.25, -0.2) is 15.0 Å². The third-order valence-corrected chi connectivity index (χ3v) is 8.34. The summed E-state index contributed by atoms with van der Waals surface area (Å²) >= 11 is 1.77. The van der Waals surface area contributed by atoms with Gasteiger partial charge >= 0.3 is 0 Å². The number of hydrogen-bond donors (Lipinski definition) is 0. The third kappa shape index (κ3) is 4.03. The summed E-state index contributed by atoms with van der Waals surface area (Å²) in [6, 6.07) is 37.3. The number of fused-ring (bicyclic) bond motifs is 5. The van der Waals surface area contributed by atoms with E-state index in [9.17, 15) is 5.26 Å². The zero-order chi connectivity index (χ0) is 26.3. The van der Waals surface area contributed by atoms with Crippen LogP contribution in [0.15, 0.2) is 103 Å². The summed E-state index contributed by atoms with van der Waals surface area (Å²) in [7, 11) is 0. The molecule has 0 fully saturated rings. The second kappa shape index (κ2) is 9.43. The first-order valence-electron chi connectivity index (χ1n) is 12.9. The van der Waals surface area contributed by atoms with Crippen LogP contribution in [0.3, 0.4) is 0 Å². The van der Waals surface area contributed by atoms with Crippen LogP contribution in [0, 0.1) is 11.3 Å². The molecule has 0 atom stereocenters. The Hall–Kier alpha value is -4.92. The van der Waals surface area contributed by atoms with E-state index in [1.165, 1.54) is 31.8 Å². The molecule has 5 heteroatoms. The molecular formula is C34H22N4S. The molecule has 0 aliphatic carbocycles. The zero-order valence-corrected chi connectivity index (χ0v) is 22.0. The van der Waals surface area contributed by atoms with Crippen molar-refractivity contribution in [2.75, 3.05) is 0 Å². The molecule has 2 aromatic heterocycles. The molecule has 0 aliphatic rings. The summed E-state index contributed by atoms with van der Waals surface area (Å²) in [4.78, 5) is 14.8. The Bertz CT molecular complexity index is 2070. The van der Waals surface area contributed by atoms with Crippen molar-refractivity contribution in [3.63, 3.8) is 0 Å². The van der Waals surface area contributed by atoms with Crippen LogP contribution in [0.25, 0.3) is 65.1 Å². The molecule has 4 nitrogen and oxygen atoms in total. The molecule has 5 aromatic carbocycles. The lowest BCUT2D eigenvalue weighted by Crippen LogP contribution is -2.00. The largest absolute Gasteiger partial charge is 0.208 e. The molecule has 39 heavy (non-hydrogen) atoms. The van der Waals surface area contributed by atoms with Gasteiger partial charge < -0.3 is 0 Å². The van der Waals surface area contributed by atoms with Gasteiger partial charge in [-0.1, -0.05) is 85.8 Å². The van der Waals surface area contributed by atoms with E-state index in [4.69, 9.17) is 15.0 Å². The second-order valence-corrected chi connectivity index (χ2v) is 10.5. The van der Waals surface area contributed by atoms with Crippen molar-refractivity contribution in [1.29, 1.82) is 5.26 Å². The van der Waals surface area contributed by atoms with Gasteiger partial charge in [0, 0.05) is 36.9 Å².